The van der Waals surface area contributed by atoms with Crippen molar-refractivity contribution in [3.63, 3.8) is 0 Å². The Labute approximate surface area is 159 Å². The number of aromatic hydroxyl groups is 1. The van der Waals surface area contributed by atoms with E-state index in [0.29, 0.717) is 21.5 Å². The number of aryl methyl sites for hydroxylation is 1. The molecule has 134 valence electrons. The van der Waals surface area contributed by atoms with Gasteiger partial charge in [-0.2, -0.15) is 5.26 Å². The smallest absolute Gasteiger partial charge is 0.266 e. The van der Waals surface area contributed by atoms with Crippen LogP contribution in [0.15, 0.2) is 40.6 Å². The molecule has 0 aliphatic rings. The maximum atomic E-state index is 12.4. The number of aromatic nitrogens is 2. The van der Waals surface area contributed by atoms with E-state index in [1.165, 1.54) is 11.3 Å². The van der Waals surface area contributed by atoms with Crippen LogP contribution in [0.1, 0.15) is 25.1 Å². The van der Waals surface area contributed by atoms with E-state index in [1.54, 1.807) is 18.3 Å². The lowest BCUT2D eigenvalue weighted by Crippen LogP contribution is -2.15. The molecule has 0 amide bonds. The van der Waals surface area contributed by atoms with Crippen molar-refractivity contribution in [2.45, 2.75) is 26.2 Å². The minimum Gasteiger partial charge on any atom is -0.507 e. The first-order valence-corrected chi connectivity index (χ1v) is 9.35. The van der Waals surface area contributed by atoms with Crippen molar-refractivity contribution in [3.8, 4) is 22.9 Å². The first kappa shape index (κ1) is 17.3. The van der Waals surface area contributed by atoms with Crippen molar-refractivity contribution in [2.24, 2.45) is 0 Å². The fourth-order valence-electron chi connectivity index (χ4n) is 3.34. The summed E-state index contributed by atoms with van der Waals surface area (Å²) < 4.78 is 0.629. The lowest BCUT2D eigenvalue weighted by molar-refractivity contribution is 0.477. The number of benzene rings is 1. The monoisotopic (exact) mass is 375 g/mol. The number of H-pyrrole nitrogens is 1. The topological polar surface area (TPSA) is 89.8 Å². The van der Waals surface area contributed by atoms with Gasteiger partial charge in [-0.05, 0) is 49.9 Å². The predicted octanol–water partition coefficient (Wildman–Crippen LogP) is 4.62. The number of thiophene rings is 1. The normalized spacial score (nSPS) is 11.8. The Balaban J connectivity index is 2.07. The van der Waals surface area contributed by atoms with Crippen molar-refractivity contribution >= 4 is 32.3 Å². The van der Waals surface area contributed by atoms with Gasteiger partial charge >= 0.3 is 0 Å². The molecule has 5 nitrogen and oxygen atoms in total. The van der Waals surface area contributed by atoms with Gasteiger partial charge in [0.1, 0.15) is 10.4 Å². The van der Waals surface area contributed by atoms with E-state index in [4.69, 9.17) is 0 Å². The summed E-state index contributed by atoms with van der Waals surface area (Å²) in [6, 6.07) is 9.46. The molecule has 4 rings (SSSR count). The lowest BCUT2D eigenvalue weighted by Gasteiger charge is -2.16. The zero-order valence-electron chi connectivity index (χ0n) is 15.1. The molecule has 27 heavy (non-hydrogen) atoms. The Kier molecular flexibility index (Phi) is 3.79. The Morgan fingerprint density at radius 3 is 2.74 bits per heavy atom. The van der Waals surface area contributed by atoms with Crippen LogP contribution in [-0.2, 0) is 5.41 Å². The molecule has 0 atom stereocenters. The van der Waals surface area contributed by atoms with Gasteiger partial charge in [-0.25, -0.2) is 0 Å². The minimum atomic E-state index is -0.693. The molecule has 1 aromatic carbocycles. The van der Waals surface area contributed by atoms with Crippen LogP contribution < -0.4 is 5.56 Å². The van der Waals surface area contributed by atoms with Crippen LogP contribution in [0.3, 0.4) is 0 Å². The first-order chi connectivity index (χ1) is 12.8. The summed E-state index contributed by atoms with van der Waals surface area (Å²) >= 11 is 1.38. The molecule has 0 bridgehead atoms. The summed E-state index contributed by atoms with van der Waals surface area (Å²) in [6.45, 7) is 5.48. The molecule has 0 saturated carbocycles. The average molecular weight is 375 g/mol. The molecule has 0 spiro atoms. The molecule has 3 heterocycles. The molecule has 0 saturated heterocycles. The lowest BCUT2D eigenvalue weighted by atomic mass is 9.89. The molecule has 3 aromatic heterocycles. The summed E-state index contributed by atoms with van der Waals surface area (Å²) in [7, 11) is 0. The van der Waals surface area contributed by atoms with Gasteiger partial charge < -0.3 is 10.1 Å². The highest BCUT2D eigenvalue weighted by Gasteiger charge is 2.22. The highest BCUT2D eigenvalue weighted by molar-refractivity contribution is 7.17. The van der Waals surface area contributed by atoms with Gasteiger partial charge in [0.15, 0.2) is 0 Å². The van der Waals surface area contributed by atoms with Gasteiger partial charge in [-0.15, -0.1) is 11.3 Å². The maximum Gasteiger partial charge on any atom is 0.266 e. The van der Waals surface area contributed by atoms with Gasteiger partial charge in [-0.1, -0.05) is 6.07 Å². The van der Waals surface area contributed by atoms with Crippen molar-refractivity contribution in [2.75, 3.05) is 0 Å². The largest absolute Gasteiger partial charge is 0.507 e. The maximum absolute atomic E-state index is 12.4. The van der Waals surface area contributed by atoms with Gasteiger partial charge in [0.2, 0.25) is 0 Å². The summed E-state index contributed by atoms with van der Waals surface area (Å²) in [4.78, 5) is 19.8. The van der Waals surface area contributed by atoms with Crippen LogP contribution >= 0.6 is 11.3 Å². The molecule has 2 N–H and O–H groups in total. The van der Waals surface area contributed by atoms with E-state index in [0.717, 1.165) is 21.9 Å². The SMILES string of the molecule is Cc1cc(O)c(-c2ccc(C(C)(C)C#N)nc2)c2c1[nH]c(=O)c1sccc12. The Bertz CT molecular complexity index is 1290. The number of pyridine rings is 2. The third-order valence-electron chi connectivity index (χ3n) is 4.86. The molecule has 0 aliphatic carbocycles. The number of rotatable bonds is 2. The second-order valence-corrected chi connectivity index (χ2v) is 8.04. The van der Waals surface area contributed by atoms with Crippen LogP contribution in [0.5, 0.6) is 5.75 Å². The third kappa shape index (κ3) is 2.59. The molecule has 0 aliphatic heterocycles. The third-order valence-corrected chi connectivity index (χ3v) is 5.77. The van der Waals surface area contributed by atoms with Crippen molar-refractivity contribution in [3.05, 3.63) is 57.5 Å². The summed E-state index contributed by atoms with van der Waals surface area (Å²) in [5, 5.41) is 23.5. The van der Waals surface area contributed by atoms with E-state index in [-0.39, 0.29) is 11.3 Å². The van der Waals surface area contributed by atoms with E-state index in [9.17, 15) is 15.2 Å². The second-order valence-electron chi connectivity index (χ2n) is 7.12. The van der Waals surface area contributed by atoms with Crippen LogP contribution in [0, 0.1) is 18.3 Å². The van der Waals surface area contributed by atoms with Crippen molar-refractivity contribution < 1.29 is 5.11 Å². The molecule has 0 fully saturated rings. The molecular weight excluding hydrogens is 358 g/mol. The molecule has 0 unspecified atom stereocenters. The zero-order valence-corrected chi connectivity index (χ0v) is 15.9. The minimum absolute atomic E-state index is 0.128. The number of nitrogens with one attached hydrogen (secondary N) is 1. The molecule has 0 radical (unpaired) electrons. The van der Waals surface area contributed by atoms with Crippen LogP contribution in [0.2, 0.25) is 0 Å². The van der Waals surface area contributed by atoms with Crippen LogP contribution in [0.4, 0.5) is 0 Å². The number of phenolic OH excluding ortho intramolecular Hbond substituents is 1. The molecule has 4 aromatic rings. The first-order valence-electron chi connectivity index (χ1n) is 8.47. The van der Waals surface area contributed by atoms with Crippen LogP contribution in [0.25, 0.3) is 32.1 Å². The number of hydrogen-bond donors (Lipinski definition) is 2. The van der Waals surface area contributed by atoms with Crippen molar-refractivity contribution in [1.29, 1.82) is 5.26 Å². The second kappa shape index (κ2) is 5.93. The number of nitrogens with zero attached hydrogens (tertiary/aromatic N) is 2. The highest BCUT2D eigenvalue weighted by Crippen LogP contribution is 2.41. The number of aromatic amines is 1. The number of phenols is 1. The van der Waals surface area contributed by atoms with E-state index in [1.807, 2.05) is 38.3 Å². The zero-order chi connectivity index (χ0) is 19.3. The number of nitriles is 1. The van der Waals surface area contributed by atoms with Gasteiger partial charge in [0.05, 0.1) is 22.7 Å². The fourth-order valence-corrected chi connectivity index (χ4v) is 4.14. The van der Waals surface area contributed by atoms with E-state index < -0.39 is 5.41 Å². The Morgan fingerprint density at radius 1 is 1.30 bits per heavy atom. The molecule has 6 heteroatoms. The molecular formula is C21H17N3O2S. The van der Waals surface area contributed by atoms with Crippen molar-refractivity contribution in [1.82, 2.24) is 9.97 Å². The fraction of sp³-hybridized carbons (Fsp3) is 0.190. The number of fused-ring (bicyclic) bond motifs is 3. The van der Waals surface area contributed by atoms with Crippen LogP contribution in [-0.4, -0.2) is 15.1 Å². The highest BCUT2D eigenvalue weighted by atomic mass is 32.1. The average Bonchev–Trinajstić information content (AvgIpc) is 3.14. The van der Waals surface area contributed by atoms with E-state index in [2.05, 4.69) is 16.0 Å². The van der Waals surface area contributed by atoms with Gasteiger partial charge in [0.25, 0.3) is 5.56 Å². The van der Waals surface area contributed by atoms with Gasteiger partial charge in [0, 0.05) is 28.1 Å². The van der Waals surface area contributed by atoms with Gasteiger partial charge in [-0.3, -0.25) is 9.78 Å². The Hall–Kier alpha value is -3.17. The quantitative estimate of drug-likeness (QED) is 0.535. The summed E-state index contributed by atoms with van der Waals surface area (Å²) in [5.41, 5.74) is 2.71. The Morgan fingerprint density at radius 2 is 2.07 bits per heavy atom. The predicted molar refractivity (Wildman–Crippen MR) is 108 cm³/mol. The summed E-state index contributed by atoms with van der Waals surface area (Å²) in [6.07, 6.45) is 1.67. The van der Waals surface area contributed by atoms with E-state index >= 15 is 0 Å². The summed E-state index contributed by atoms with van der Waals surface area (Å²) in [5.74, 6) is 0.133. The standard InChI is InChI=1S/C21H17N3O2S/c1-11-8-14(25)16(12-4-5-15(23-9-12)21(2,3)10-22)17-13-6-7-27-19(13)20(26)24-18(11)17/h4-9,25H,1-3H3,(H,24,26). The number of hydrogen-bond acceptors (Lipinski definition) is 5.